The van der Waals surface area contributed by atoms with Crippen LogP contribution >= 0.6 is 11.6 Å². The number of hydrogen-bond donors (Lipinski definition) is 1. The highest BCUT2D eigenvalue weighted by atomic mass is 35.5. The van der Waals surface area contributed by atoms with Gasteiger partial charge in [0.2, 0.25) is 0 Å². The second kappa shape index (κ2) is 5.87. The summed E-state index contributed by atoms with van der Waals surface area (Å²) in [5.41, 5.74) is 0.856. The van der Waals surface area contributed by atoms with E-state index in [1.54, 1.807) is 18.2 Å². The summed E-state index contributed by atoms with van der Waals surface area (Å²) in [5, 5.41) is 11.0. The molecule has 0 aromatic heterocycles. The average Bonchev–Trinajstić information content (AvgIpc) is 2.35. The lowest BCUT2D eigenvalue weighted by atomic mass is 10.0. The molecular formula is C14H16ClFO. The van der Waals surface area contributed by atoms with Crippen LogP contribution in [0.1, 0.15) is 26.3 Å². The van der Waals surface area contributed by atoms with E-state index in [-0.39, 0.29) is 10.8 Å². The summed E-state index contributed by atoms with van der Waals surface area (Å²) in [6, 6.07) is 6.13. The minimum absolute atomic E-state index is 0.129. The van der Waals surface area contributed by atoms with Crippen molar-refractivity contribution in [3.8, 4) is 5.75 Å². The van der Waals surface area contributed by atoms with Crippen LogP contribution in [-0.2, 0) is 6.42 Å². The molecule has 0 spiro atoms. The minimum atomic E-state index is -0.426. The Hall–Kier alpha value is -1.28. The minimum Gasteiger partial charge on any atom is -0.508 e. The maximum absolute atomic E-state index is 13.3. The van der Waals surface area contributed by atoms with Gasteiger partial charge in [0.05, 0.1) is 5.02 Å². The zero-order valence-corrected chi connectivity index (χ0v) is 11.0. The van der Waals surface area contributed by atoms with Gasteiger partial charge in [0.15, 0.2) is 0 Å². The Balaban J connectivity index is 0.000000686. The van der Waals surface area contributed by atoms with Crippen LogP contribution in [0.3, 0.4) is 0 Å². The Morgan fingerprint density at radius 3 is 2.47 bits per heavy atom. The molecule has 2 rings (SSSR count). The topological polar surface area (TPSA) is 20.2 Å². The molecule has 17 heavy (non-hydrogen) atoms. The van der Waals surface area contributed by atoms with Gasteiger partial charge in [-0.25, -0.2) is 4.39 Å². The third-order valence-electron chi connectivity index (χ3n) is 2.45. The molecule has 2 aromatic rings. The van der Waals surface area contributed by atoms with Gasteiger partial charge < -0.3 is 5.11 Å². The van der Waals surface area contributed by atoms with E-state index in [1.807, 2.05) is 20.8 Å². The number of fused-ring (bicyclic) bond motifs is 1. The van der Waals surface area contributed by atoms with Gasteiger partial charge in [0.1, 0.15) is 11.6 Å². The first kappa shape index (κ1) is 13.8. The molecule has 0 amide bonds. The molecule has 0 aliphatic heterocycles. The molecule has 3 heteroatoms. The van der Waals surface area contributed by atoms with E-state index in [2.05, 4.69) is 0 Å². The number of phenolic OH excluding ortho intramolecular Hbond substituents is 1. The van der Waals surface area contributed by atoms with Crippen molar-refractivity contribution in [3.63, 3.8) is 0 Å². The normalized spacial score (nSPS) is 9.94. The molecular weight excluding hydrogens is 239 g/mol. The second-order valence-corrected chi connectivity index (χ2v) is 3.80. The first-order chi connectivity index (χ1) is 8.13. The Kier molecular flexibility index (Phi) is 4.76. The predicted octanol–water partition coefficient (Wildman–Crippen LogP) is 4.93. The Morgan fingerprint density at radius 1 is 1.24 bits per heavy atom. The van der Waals surface area contributed by atoms with E-state index in [0.29, 0.717) is 11.8 Å². The smallest absolute Gasteiger partial charge is 0.142 e. The monoisotopic (exact) mass is 254 g/mol. The van der Waals surface area contributed by atoms with Crippen molar-refractivity contribution in [1.29, 1.82) is 0 Å². The zero-order valence-electron chi connectivity index (χ0n) is 10.2. The lowest BCUT2D eigenvalue weighted by molar-refractivity contribution is 0.475. The van der Waals surface area contributed by atoms with Gasteiger partial charge in [-0.15, -0.1) is 0 Å². The van der Waals surface area contributed by atoms with Crippen molar-refractivity contribution >= 4 is 22.4 Å². The summed E-state index contributed by atoms with van der Waals surface area (Å²) in [4.78, 5) is 0. The molecule has 0 radical (unpaired) electrons. The van der Waals surface area contributed by atoms with Crippen molar-refractivity contribution in [2.75, 3.05) is 0 Å². The lowest BCUT2D eigenvalue weighted by Gasteiger charge is -2.08. The quantitative estimate of drug-likeness (QED) is 0.765. The molecule has 0 unspecified atom stereocenters. The van der Waals surface area contributed by atoms with Crippen LogP contribution in [0, 0.1) is 5.82 Å². The number of rotatable bonds is 1. The highest BCUT2D eigenvalue weighted by Crippen LogP contribution is 2.32. The third kappa shape index (κ3) is 2.70. The molecule has 1 nitrogen and oxygen atoms in total. The van der Waals surface area contributed by atoms with Crippen molar-refractivity contribution in [3.05, 3.63) is 40.7 Å². The molecule has 0 bridgehead atoms. The molecule has 0 aliphatic rings. The van der Waals surface area contributed by atoms with Crippen molar-refractivity contribution in [2.45, 2.75) is 27.2 Å². The standard InChI is InChI=1S/C12H10ClFO.C2H6/c1-2-7-5-9(15)6-8-3-4-10(14)12(13)11(7)8;1-2/h3-6,15H,2H2,1H3;1-2H3. The number of aryl methyl sites for hydroxylation is 1. The summed E-state index contributed by atoms with van der Waals surface area (Å²) in [5.74, 6) is -0.244. The molecule has 0 atom stereocenters. The third-order valence-corrected chi connectivity index (χ3v) is 2.82. The number of aromatic hydroxyl groups is 1. The highest BCUT2D eigenvalue weighted by Gasteiger charge is 2.09. The number of phenols is 1. The fourth-order valence-electron chi connectivity index (χ4n) is 1.74. The molecule has 2 aromatic carbocycles. The molecule has 0 saturated heterocycles. The van der Waals surface area contributed by atoms with Crippen LogP contribution < -0.4 is 0 Å². The Morgan fingerprint density at radius 2 is 1.88 bits per heavy atom. The van der Waals surface area contributed by atoms with E-state index in [0.717, 1.165) is 10.9 Å². The Bertz CT molecular complexity index is 523. The number of benzene rings is 2. The SMILES string of the molecule is CC.CCc1cc(O)cc2ccc(F)c(Cl)c12. The van der Waals surface area contributed by atoms with Gasteiger partial charge in [-0.3, -0.25) is 0 Å². The molecule has 0 saturated carbocycles. The van der Waals surface area contributed by atoms with Gasteiger partial charge in [0, 0.05) is 5.39 Å². The van der Waals surface area contributed by atoms with Gasteiger partial charge in [-0.05, 0) is 35.6 Å². The summed E-state index contributed by atoms with van der Waals surface area (Å²) < 4.78 is 13.3. The van der Waals surface area contributed by atoms with Crippen LogP contribution in [0.5, 0.6) is 5.75 Å². The van der Waals surface area contributed by atoms with Crippen LogP contribution in [-0.4, -0.2) is 5.11 Å². The first-order valence-corrected chi connectivity index (χ1v) is 6.11. The number of halogens is 2. The maximum Gasteiger partial charge on any atom is 0.142 e. The largest absolute Gasteiger partial charge is 0.508 e. The molecule has 1 N–H and O–H groups in total. The molecule has 92 valence electrons. The van der Waals surface area contributed by atoms with E-state index >= 15 is 0 Å². The van der Waals surface area contributed by atoms with E-state index in [1.165, 1.54) is 6.07 Å². The van der Waals surface area contributed by atoms with Crippen molar-refractivity contribution in [2.24, 2.45) is 0 Å². The van der Waals surface area contributed by atoms with Crippen LogP contribution in [0.25, 0.3) is 10.8 Å². The summed E-state index contributed by atoms with van der Waals surface area (Å²) in [6.07, 6.45) is 0.702. The molecule has 0 fully saturated rings. The van der Waals surface area contributed by atoms with E-state index in [4.69, 9.17) is 11.6 Å². The van der Waals surface area contributed by atoms with Gasteiger partial charge >= 0.3 is 0 Å². The fourth-order valence-corrected chi connectivity index (χ4v) is 2.04. The van der Waals surface area contributed by atoms with Crippen molar-refractivity contribution < 1.29 is 9.50 Å². The molecule has 0 aliphatic carbocycles. The first-order valence-electron chi connectivity index (χ1n) is 5.73. The Labute approximate surface area is 106 Å². The van der Waals surface area contributed by atoms with E-state index in [9.17, 15) is 9.50 Å². The van der Waals surface area contributed by atoms with E-state index < -0.39 is 5.82 Å². The zero-order chi connectivity index (χ0) is 13.0. The fraction of sp³-hybridized carbons (Fsp3) is 0.286. The highest BCUT2D eigenvalue weighted by molar-refractivity contribution is 6.36. The lowest BCUT2D eigenvalue weighted by Crippen LogP contribution is -1.87. The maximum atomic E-state index is 13.3. The van der Waals surface area contributed by atoms with Crippen LogP contribution in [0.15, 0.2) is 24.3 Å². The number of hydrogen-bond acceptors (Lipinski definition) is 1. The van der Waals surface area contributed by atoms with Gasteiger partial charge in [-0.1, -0.05) is 38.4 Å². The van der Waals surface area contributed by atoms with Gasteiger partial charge in [0.25, 0.3) is 0 Å². The summed E-state index contributed by atoms with van der Waals surface area (Å²) in [7, 11) is 0. The van der Waals surface area contributed by atoms with Crippen molar-refractivity contribution in [1.82, 2.24) is 0 Å². The predicted molar refractivity (Wildman–Crippen MR) is 71.3 cm³/mol. The molecule has 0 heterocycles. The summed E-state index contributed by atoms with van der Waals surface area (Å²) >= 11 is 5.91. The average molecular weight is 255 g/mol. The van der Waals surface area contributed by atoms with Crippen LogP contribution in [0.2, 0.25) is 5.02 Å². The summed E-state index contributed by atoms with van der Waals surface area (Å²) in [6.45, 7) is 5.94. The van der Waals surface area contributed by atoms with Gasteiger partial charge in [-0.2, -0.15) is 0 Å². The van der Waals surface area contributed by atoms with Crippen LogP contribution in [0.4, 0.5) is 4.39 Å². The second-order valence-electron chi connectivity index (χ2n) is 3.42.